The standard InChI is InChI=1S/C24H40O7S.2Na/c1-14(4-9-22(26)27)18-7-8-19-17-6-5-15-12-16(31-32(28,29)30)10-11-23(15,2)20(17)13-21(25)24(18,19)3;;/h14-21,25H,4-13H2,1-3H3,(H,26,27)(H,28,29,30);;/q;2*+1/p-2/t14-,15-,16-,17+,18-,19+,20+,21+,23+,24-;;/m1../s1. The molecule has 0 spiro atoms. The summed E-state index contributed by atoms with van der Waals surface area (Å²) < 4.78 is 38.1. The van der Waals surface area contributed by atoms with Crippen LogP contribution in [0.25, 0.3) is 0 Å². The van der Waals surface area contributed by atoms with Gasteiger partial charge in [-0.3, -0.25) is 4.18 Å². The summed E-state index contributed by atoms with van der Waals surface area (Å²) in [7, 11) is -4.69. The smallest absolute Gasteiger partial charge is 0.726 e. The number of rotatable bonds is 6. The van der Waals surface area contributed by atoms with E-state index in [1.807, 2.05) is 0 Å². The van der Waals surface area contributed by atoms with E-state index >= 15 is 0 Å². The molecule has 10 heteroatoms. The minimum Gasteiger partial charge on any atom is -0.726 e. The Morgan fingerprint density at radius 1 is 1.09 bits per heavy atom. The van der Waals surface area contributed by atoms with Crippen LogP contribution < -0.4 is 64.2 Å². The molecule has 0 aromatic heterocycles. The topological polar surface area (TPSA) is 127 Å². The van der Waals surface area contributed by atoms with E-state index in [-0.39, 0.29) is 82.3 Å². The Hall–Kier alpha value is 1.30. The fourth-order valence-electron chi connectivity index (χ4n) is 8.94. The molecule has 0 aromatic rings. The third-order valence-corrected chi connectivity index (χ3v) is 11.0. The second-order valence-electron chi connectivity index (χ2n) is 11.7. The average Bonchev–Trinajstić information content (AvgIpc) is 3.05. The predicted octanol–water partition coefficient (Wildman–Crippen LogP) is -3.36. The summed E-state index contributed by atoms with van der Waals surface area (Å²) in [5.41, 5.74) is -0.164. The van der Waals surface area contributed by atoms with E-state index in [0.29, 0.717) is 48.9 Å². The number of carboxylic acid groups (broad SMARTS) is 1. The van der Waals surface area contributed by atoms with Gasteiger partial charge in [0.2, 0.25) is 10.4 Å². The molecule has 0 unspecified atom stereocenters. The fraction of sp³-hybridized carbons (Fsp3) is 0.958. The fourth-order valence-corrected chi connectivity index (χ4v) is 9.45. The van der Waals surface area contributed by atoms with E-state index in [1.54, 1.807) is 0 Å². The van der Waals surface area contributed by atoms with Crippen molar-refractivity contribution < 1.29 is 91.3 Å². The molecular weight excluding hydrogens is 478 g/mol. The largest absolute Gasteiger partial charge is 1.00 e. The molecular formula is C24H38Na2O7S. The van der Waals surface area contributed by atoms with E-state index in [1.165, 1.54) is 0 Å². The van der Waals surface area contributed by atoms with Crippen molar-refractivity contribution in [1.82, 2.24) is 0 Å². The molecule has 184 valence electrons. The van der Waals surface area contributed by atoms with Crippen LogP contribution in [0.15, 0.2) is 0 Å². The number of aliphatic hydroxyl groups is 1. The Balaban J connectivity index is 0.00000204. The van der Waals surface area contributed by atoms with Crippen LogP contribution in [0.2, 0.25) is 0 Å². The van der Waals surface area contributed by atoms with E-state index in [4.69, 9.17) is 4.18 Å². The molecule has 7 nitrogen and oxygen atoms in total. The van der Waals surface area contributed by atoms with E-state index < -0.39 is 28.6 Å². The maximum Gasteiger partial charge on any atom is 1.00 e. The Morgan fingerprint density at radius 2 is 1.76 bits per heavy atom. The van der Waals surface area contributed by atoms with Gasteiger partial charge in [-0.05, 0) is 111 Å². The Labute approximate surface area is 249 Å². The molecule has 0 aromatic carbocycles. The van der Waals surface area contributed by atoms with Gasteiger partial charge in [-0.2, -0.15) is 0 Å². The van der Waals surface area contributed by atoms with E-state index in [9.17, 15) is 28.0 Å². The zero-order chi connectivity index (χ0) is 23.5. The van der Waals surface area contributed by atoms with Gasteiger partial charge in [0, 0.05) is 5.97 Å². The van der Waals surface area contributed by atoms with Gasteiger partial charge in [0.05, 0.1) is 12.2 Å². The number of carbonyl (C=O) groups excluding carboxylic acids is 1. The summed E-state index contributed by atoms with van der Waals surface area (Å²) in [5, 5.41) is 22.5. The van der Waals surface area contributed by atoms with Crippen LogP contribution in [-0.4, -0.2) is 36.3 Å². The molecule has 4 aliphatic carbocycles. The van der Waals surface area contributed by atoms with Crippen LogP contribution in [0.4, 0.5) is 0 Å². The van der Waals surface area contributed by atoms with Crippen molar-refractivity contribution in [3.63, 3.8) is 0 Å². The zero-order valence-electron chi connectivity index (χ0n) is 21.5. The van der Waals surface area contributed by atoms with Gasteiger partial charge in [-0.1, -0.05) is 20.8 Å². The van der Waals surface area contributed by atoms with Gasteiger partial charge in [0.15, 0.2) is 0 Å². The molecule has 10 atom stereocenters. The number of hydrogen-bond acceptors (Lipinski definition) is 7. The molecule has 4 rings (SSSR count). The first kappa shape index (κ1) is 31.5. The molecule has 4 saturated carbocycles. The maximum atomic E-state index is 11.5. The molecule has 1 N–H and O–H groups in total. The van der Waals surface area contributed by atoms with Gasteiger partial charge < -0.3 is 19.6 Å². The van der Waals surface area contributed by atoms with Crippen LogP contribution in [-0.2, 0) is 19.4 Å². The predicted molar refractivity (Wildman–Crippen MR) is 115 cm³/mol. The number of carbonyl (C=O) groups is 1. The van der Waals surface area contributed by atoms with Crippen molar-refractivity contribution in [3.05, 3.63) is 0 Å². The van der Waals surface area contributed by atoms with Gasteiger partial charge in [-0.25, -0.2) is 8.42 Å². The molecule has 0 amide bonds. The number of hydrogen-bond donors (Lipinski definition) is 1. The molecule has 4 fully saturated rings. The summed E-state index contributed by atoms with van der Waals surface area (Å²) in [6.07, 6.45) is 6.65. The van der Waals surface area contributed by atoms with Crippen molar-refractivity contribution in [1.29, 1.82) is 0 Å². The average molecular weight is 517 g/mol. The number of aliphatic carboxylic acids is 1. The molecule has 0 bridgehead atoms. The number of fused-ring (bicyclic) bond motifs is 5. The summed E-state index contributed by atoms with van der Waals surface area (Å²) in [4.78, 5) is 11.0. The minimum absolute atomic E-state index is 0. The van der Waals surface area contributed by atoms with E-state index in [0.717, 1.165) is 38.5 Å². The van der Waals surface area contributed by atoms with E-state index in [2.05, 4.69) is 20.8 Å². The molecule has 0 heterocycles. The molecule has 0 radical (unpaired) electrons. The van der Waals surface area contributed by atoms with Crippen molar-refractivity contribution in [2.45, 2.75) is 97.2 Å². The Bertz CT molecular complexity index is 839. The van der Waals surface area contributed by atoms with Crippen molar-refractivity contribution in [2.24, 2.45) is 46.3 Å². The monoisotopic (exact) mass is 516 g/mol. The van der Waals surface area contributed by atoms with Crippen molar-refractivity contribution in [3.8, 4) is 0 Å². The number of aliphatic hydroxyl groups excluding tert-OH is 1. The summed E-state index contributed by atoms with van der Waals surface area (Å²) in [6, 6.07) is 0. The van der Waals surface area contributed by atoms with Crippen molar-refractivity contribution >= 4 is 16.4 Å². The zero-order valence-corrected chi connectivity index (χ0v) is 26.3. The Morgan fingerprint density at radius 3 is 2.38 bits per heavy atom. The quantitative estimate of drug-likeness (QED) is 0.222. The third kappa shape index (κ3) is 5.81. The van der Waals surface area contributed by atoms with Crippen LogP contribution in [0.3, 0.4) is 0 Å². The first-order chi connectivity index (χ1) is 14.9. The maximum absolute atomic E-state index is 11.5. The molecule has 0 aliphatic heterocycles. The minimum atomic E-state index is -4.69. The summed E-state index contributed by atoms with van der Waals surface area (Å²) in [5.74, 6) is 1.21. The third-order valence-electron chi connectivity index (χ3n) is 10.5. The summed E-state index contributed by atoms with van der Waals surface area (Å²) >= 11 is 0. The normalized spacial score (nSPS) is 44.4. The van der Waals surface area contributed by atoms with Crippen molar-refractivity contribution in [2.75, 3.05) is 0 Å². The van der Waals surface area contributed by atoms with Gasteiger partial charge in [-0.15, -0.1) is 0 Å². The molecule has 34 heavy (non-hydrogen) atoms. The van der Waals surface area contributed by atoms with Gasteiger partial charge in [0.1, 0.15) is 0 Å². The SMILES string of the molecule is C[C@H](CCC(=O)[O-])[C@H]1CC[C@H]2[C@@H]3CC[C@@H]4C[C@H](OS(=O)(=O)[O-])CC[C@]4(C)[C@H]3C[C@H](O)[C@]12C.[Na+].[Na+]. The van der Waals surface area contributed by atoms with Crippen LogP contribution in [0.1, 0.15) is 85.0 Å². The van der Waals surface area contributed by atoms with Crippen LogP contribution in [0, 0.1) is 46.3 Å². The van der Waals surface area contributed by atoms with Gasteiger partial charge in [0.25, 0.3) is 0 Å². The second-order valence-corrected chi connectivity index (χ2v) is 12.8. The second kappa shape index (κ2) is 11.6. The Kier molecular flexibility index (Phi) is 10.7. The number of carboxylic acids is 1. The first-order valence-electron chi connectivity index (χ1n) is 12.4. The van der Waals surface area contributed by atoms with Gasteiger partial charge >= 0.3 is 59.1 Å². The molecule has 4 aliphatic rings. The first-order valence-corrected chi connectivity index (χ1v) is 13.7. The van der Waals surface area contributed by atoms with Crippen LogP contribution in [0.5, 0.6) is 0 Å². The van der Waals surface area contributed by atoms with Crippen LogP contribution >= 0.6 is 0 Å². The summed E-state index contributed by atoms with van der Waals surface area (Å²) in [6.45, 7) is 6.67. The molecule has 0 saturated heterocycles.